The van der Waals surface area contributed by atoms with Crippen molar-refractivity contribution in [2.45, 2.75) is 51.8 Å². The molecule has 0 unspecified atom stereocenters. The maximum atomic E-state index is 12.0. The van der Waals surface area contributed by atoms with Crippen LogP contribution in [0.25, 0.3) is 11.5 Å². The van der Waals surface area contributed by atoms with Gasteiger partial charge in [0.05, 0.1) is 5.75 Å². The van der Waals surface area contributed by atoms with E-state index in [1.807, 2.05) is 38.1 Å². The Balaban J connectivity index is 1.81. The maximum Gasteiger partial charge on any atom is 0.277 e. The minimum atomic E-state index is -0.00781. The highest BCUT2D eigenvalue weighted by Crippen LogP contribution is 2.23. The molecule has 1 aromatic heterocycles. The molecule has 24 heavy (non-hydrogen) atoms. The van der Waals surface area contributed by atoms with Gasteiger partial charge in [-0.15, -0.1) is 10.2 Å². The normalized spacial score (nSPS) is 12.4. The summed E-state index contributed by atoms with van der Waals surface area (Å²) < 4.78 is 5.62. The number of aromatic nitrogens is 2. The summed E-state index contributed by atoms with van der Waals surface area (Å²) in [5, 5.41) is 11.5. The topological polar surface area (TPSA) is 68.0 Å². The molecule has 2 rings (SSSR count). The van der Waals surface area contributed by atoms with Crippen molar-refractivity contribution in [3.05, 3.63) is 29.8 Å². The van der Waals surface area contributed by atoms with E-state index in [0.717, 1.165) is 24.0 Å². The van der Waals surface area contributed by atoms with E-state index in [1.165, 1.54) is 11.8 Å². The number of carbonyl (C=O) groups excluding carboxylic acids is 1. The highest BCUT2D eigenvalue weighted by molar-refractivity contribution is 7.99. The largest absolute Gasteiger partial charge is 0.411 e. The molecule has 130 valence electrons. The number of nitrogens with one attached hydrogen (secondary N) is 1. The highest BCUT2D eigenvalue weighted by Gasteiger charge is 2.13. The fourth-order valence-corrected chi connectivity index (χ4v) is 2.84. The third kappa shape index (κ3) is 6.00. The molecule has 1 N–H and O–H groups in total. The molecule has 2 aromatic rings. The predicted octanol–water partition coefficient (Wildman–Crippen LogP) is 4.08. The Labute approximate surface area is 147 Å². The summed E-state index contributed by atoms with van der Waals surface area (Å²) in [5.41, 5.74) is 2.02. The maximum absolute atomic E-state index is 12.0. The van der Waals surface area contributed by atoms with Crippen LogP contribution in [0.3, 0.4) is 0 Å². The van der Waals surface area contributed by atoms with Crippen molar-refractivity contribution in [3.63, 3.8) is 0 Å². The molecule has 6 heteroatoms. The van der Waals surface area contributed by atoms with Crippen LogP contribution >= 0.6 is 11.8 Å². The van der Waals surface area contributed by atoms with Gasteiger partial charge in [0, 0.05) is 11.6 Å². The van der Waals surface area contributed by atoms with Gasteiger partial charge in [0.15, 0.2) is 0 Å². The lowest BCUT2D eigenvalue weighted by Gasteiger charge is -2.14. The van der Waals surface area contributed by atoms with E-state index in [-0.39, 0.29) is 17.7 Å². The number of rotatable bonds is 8. The van der Waals surface area contributed by atoms with Gasteiger partial charge in [-0.25, -0.2) is 0 Å². The van der Waals surface area contributed by atoms with E-state index in [4.69, 9.17) is 4.42 Å². The van der Waals surface area contributed by atoms with E-state index >= 15 is 0 Å². The van der Waals surface area contributed by atoms with Crippen LogP contribution in [-0.4, -0.2) is 27.9 Å². The molecule has 0 aliphatic rings. The molecule has 0 saturated carbocycles. The van der Waals surface area contributed by atoms with Crippen molar-refractivity contribution in [1.29, 1.82) is 0 Å². The second-order valence-electron chi connectivity index (χ2n) is 6.47. The smallest absolute Gasteiger partial charge is 0.277 e. The Morgan fingerprint density at radius 1 is 1.25 bits per heavy atom. The fourth-order valence-electron chi connectivity index (χ4n) is 2.26. The summed E-state index contributed by atoms with van der Waals surface area (Å²) in [6.45, 7) is 8.42. The number of benzene rings is 1. The third-order valence-corrected chi connectivity index (χ3v) is 4.40. The number of hydrogen-bond acceptors (Lipinski definition) is 5. The van der Waals surface area contributed by atoms with E-state index in [1.54, 1.807) is 0 Å². The Kier molecular flexibility index (Phi) is 6.85. The van der Waals surface area contributed by atoms with Gasteiger partial charge in [-0.1, -0.05) is 43.3 Å². The molecule has 0 saturated heterocycles. The lowest BCUT2D eigenvalue weighted by atomic mass is 10.0. The van der Waals surface area contributed by atoms with Gasteiger partial charge in [0.25, 0.3) is 5.22 Å². The summed E-state index contributed by atoms with van der Waals surface area (Å²) in [5.74, 6) is 1.40. The number of aryl methyl sites for hydroxylation is 1. The molecule has 1 aromatic carbocycles. The van der Waals surface area contributed by atoms with Gasteiger partial charge < -0.3 is 9.73 Å². The zero-order chi connectivity index (χ0) is 17.5. The number of carbonyl (C=O) groups is 1. The molecule has 0 aliphatic heterocycles. The SMILES string of the molecule is Cc1cccc(-c2nnc(SCC(=O)N[C@@H](C)CCC(C)C)o2)c1. The van der Waals surface area contributed by atoms with Crippen molar-refractivity contribution in [3.8, 4) is 11.5 Å². The first kappa shape index (κ1) is 18.5. The monoisotopic (exact) mass is 347 g/mol. The molecular formula is C18H25N3O2S. The van der Waals surface area contributed by atoms with Crippen LogP contribution in [0.1, 0.15) is 39.2 Å². The zero-order valence-electron chi connectivity index (χ0n) is 14.7. The van der Waals surface area contributed by atoms with Crippen LogP contribution in [0, 0.1) is 12.8 Å². The summed E-state index contributed by atoms with van der Waals surface area (Å²) in [6, 6.07) is 8.07. The molecule has 1 atom stereocenters. The van der Waals surface area contributed by atoms with Crippen LogP contribution in [-0.2, 0) is 4.79 Å². The van der Waals surface area contributed by atoms with Gasteiger partial charge >= 0.3 is 0 Å². The van der Waals surface area contributed by atoms with Gasteiger partial charge in [-0.05, 0) is 44.7 Å². The van der Waals surface area contributed by atoms with E-state index in [2.05, 4.69) is 29.4 Å². The van der Waals surface area contributed by atoms with Crippen molar-refractivity contribution in [2.24, 2.45) is 5.92 Å². The van der Waals surface area contributed by atoms with Crippen LogP contribution in [0.5, 0.6) is 0 Å². The third-order valence-electron chi connectivity index (χ3n) is 3.58. The van der Waals surface area contributed by atoms with Gasteiger partial charge in [0.1, 0.15) is 0 Å². The Morgan fingerprint density at radius 3 is 2.75 bits per heavy atom. The summed E-state index contributed by atoms with van der Waals surface area (Å²) >= 11 is 1.26. The van der Waals surface area contributed by atoms with E-state index < -0.39 is 0 Å². The summed E-state index contributed by atoms with van der Waals surface area (Å²) in [6.07, 6.45) is 2.10. The minimum absolute atomic E-state index is 0.00781. The lowest BCUT2D eigenvalue weighted by Crippen LogP contribution is -2.34. The van der Waals surface area contributed by atoms with Gasteiger partial charge in [0.2, 0.25) is 11.8 Å². The molecular weight excluding hydrogens is 322 g/mol. The molecule has 0 aliphatic carbocycles. The van der Waals surface area contributed by atoms with Gasteiger partial charge in [-0.2, -0.15) is 0 Å². The molecule has 5 nitrogen and oxygen atoms in total. The van der Waals surface area contributed by atoms with Crippen LogP contribution in [0.15, 0.2) is 33.9 Å². The predicted molar refractivity (Wildman–Crippen MR) is 96.9 cm³/mol. The number of thioether (sulfide) groups is 1. The van der Waals surface area contributed by atoms with Crippen LogP contribution in [0.2, 0.25) is 0 Å². The first-order valence-electron chi connectivity index (χ1n) is 8.26. The van der Waals surface area contributed by atoms with Crippen molar-refractivity contribution >= 4 is 17.7 Å². The van der Waals surface area contributed by atoms with Crippen molar-refractivity contribution < 1.29 is 9.21 Å². The Morgan fingerprint density at radius 2 is 2.04 bits per heavy atom. The molecule has 1 heterocycles. The Hall–Kier alpha value is -1.82. The van der Waals surface area contributed by atoms with Crippen molar-refractivity contribution in [1.82, 2.24) is 15.5 Å². The second kappa shape index (κ2) is 8.87. The van der Waals surface area contributed by atoms with Gasteiger partial charge in [-0.3, -0.25) is 4.79 Å². The number of hydrogen-bond donors (Lipinski definition) is 1. The van der Waals surface area contributed by atoms with E-state index in [0.29, 0.717) is 17.0 Å². The summed E-state index contributed by atoms with van der Waals surface area (Å²) in [4.78, 5) is 12.0. The zero-order valence-corrected chi connectivity index (χ0v) is 15.5. The molecule has 0 spiro atoms. The standard InChI is InChI=1S/C18H25N3O2S/c1-12(2)8-9-14(4)19-16(22)11-24-18-21-20-17(23-18)15-7-5-6-13(3)10-15/h5-7,10,12,14H,8-9,11H2,1-4H3,(H,19,22)/t14-/m0/s1. The summed E-state index contributed by atoms with van der Waals surface area (Å²) in [7, 11) is 0. The molecule has 0 fully saturated rings. The number of nitrogens with zero attached hydrogens (tertiary/aromatic N) is 2. The van der Waals surface area contributed by atoms with Crippen molar-refractivity contribution in [2.75, 3.05) is 5.75 Å². The van der Waals surface area contributed by atoms with Crippen LogP contribution < -0.4 is 5.32 Å². The average Bonchev–Trinajstić information content (AvgIpc) is 3.00. The second-order valence-corrected chi connectivity index (χ2v) is 7.40. The number of amides is 1. The highest BCUT2D eigenvalue weighted by atomic mass is 32.2. The van der Waals surface area contributed by atoms with Crippen LogP contribution in [0.4, 0.5) is 0 Å². The fraction of sp³-hybridized carbons (Fsp3) is 0.500. The molecule has 0 radical (unpaired) electrons. The first-order chi connectivity index (χ1) is 11.4. The quantitative estimate of drug-likeness (QED) is 0.729. The molecule has 0 bridgehead atoms. The molecule has 1 amide bonds. The lowest BCUT2D eigenvalue weighted by molar-refractivity contribution is -0.119. The average molecular weight is 347 g/mol. The Bertz CT molecular complexity index is 670. The first-order valence-corrected chi connectivity index (χ1v) is 9.25. The van der Waals surface area contributed by atoms with E-state index in [9.17, 15) is 4.79 Å². The minimum Gasteiger partial charge on any atom is -0.411 e.